The van der Waals surface area contributed by atoms with Crippen LogP contribution in [0.5, 0.6) is 5.88 Å². The van der Waals surface area contributed by atoms with Crippen LogP contribution in [0.15, 0.2) is 9.59 Å². The molecular formula is C12H16FN3O3. The molecular weight excluding hydrogens is 253 g/mol. The summed E-state index contributed by atoms with van der Waals surface area (Å²) in [6.45, 7) is 1.81. The first-order valence-corrected chi connectivity index (χ1v) is 6.57. The van der Waals surface area contributed by atoms with Crippen molar-refractivity contribution in [3.63, 3.8) is 0 Å². The largest absolute Gasteiger partial charge is 0.492 e. The van der Waals surface area contributed by atoms with Crippen molar-refractivity contribution in [1.29, 1.82) is 0 Å². The quantitative estimate of drug-likeness (QED) is 0.762. The summed E-state index contributed by atoms with van der Waals surface area (Å²) in [6.07, 6.45) is 3.81. The van der Waals surface area contributed by atoms with Crippen molar-refractivity contribution in [2.75, 3.05) is 13.1 Å². The van der Waals surface area contributed by atoms with Crippen molar-refractivity contribution in [1.82, 2.24) is 14.5 Å². The molecule has 0 saturated carbocycles. The summed E-state index contributed by atoms with van der Waals surface area (Å²) in [5, 5.41) is 9.76. The van der Waals surface area contributed by atoms with E-state index in [1.54, 1.807) is 0 Å². The maximum absolute atomic E-state index is 13.5. The molecule has 2 atom stereocenters. The Kier molecular flexibility index (Phi) is 2.93. The van der Waals surface area contributed by atoms with E-state index in [2.05, 4.69) is 4.90 Å². The molecule has 0 spiro atoms. The van der Waals surface area contributed by atoms with Crippen molar-refractivity contribution in [2.45, 2.75) is 37.8 Å². The van der Waals surface area contributed by atoms with Crippen LogP contribution in [-0.4, -0.2) is 38.7 Å². The summed E-state index contributed by atoms with van der Waals surface area (Å²) < 4.78 is 14.5. The van der Waals surface area contributed by atoms with Crippen molar-refractivity contribution in [2.24, 2.45) is 0 Å². The van der Waals surface area contributed by atoms with Crippen LogP contribution in [0, 0.1) is 5.82 Å². The van der Waals surface area contributed by atoms with Crippen LogP contribution < -0.4 is 11.2 Å². The van der Waals surface area contributed by atoms with Crippen molar-refractivity contribution in [3.05, 3.63) is 26.7 Å². The first-order valence-electron chi connectivity index (χ1n) is 6.57. The van der Waals surface area contributed by atoms with E-state index in [1.807, 2.05) is 4.98 Å². The minimum absolute atomic E-state index is 0.141. The Labute approximate surface area is 108 Å². The topological polar surface area (TPSA) is 78.3 Å². The molecule has 1 aromatic rings. The number of halogens is 1. The summed E-state index contributed by atoms with van der Waals surface area (Å²) in [5.74, 6) is -2.12. The maximum atomic E-state index is 13.5. The smallest absolute Gasteiger partial charge is 0.331 e. The molecule has 2 fully saturated rings. The molecule has 1 aromatic heterocycles. The van der Waals surface area contributed by atoms with Gasteiger partial charge in [0.2, 0.25) is 11.7 Å². The van der Waals surface area contributed by atoms with Gasteiger partial charge in [-0.1, -0.05) is 6.42 Å². The highest BCUT2D eigenvalue weighted by Gasteiger charge is 2.38. The van der Waals surface area contributed by atoms with Crippen LogP contribution in [0.1, 0.15) is 31.7 Å². The van der Waals surface area contributed by atoms with E-state index in [0.717, 1.165) is 36.9 Å². The molecule has 2 unspecified atom stereocenters. The van der Waals surface area contributed by atoms with Crippen LogP contribution in [0.2, 0.25) is 0 Å². The molecule has 2 aliphatic heterocycles. The molecule has 19 heavy (non-hydrogen) atoms. The zero-order valence-electron chi connectivity index (χ0n) is 10.4. The molecule has 2 N–H and O–H groups in total. The predicted octanol–water partition coefficient (Wildman–Crippen LogP) is 0.181. The summed E-state index contributed by atoms with van der Waals surface area (Å²) in [4.78, 5) is 27.1. The fourth-order valence-corrected chi connectivity index (χ4v) is 3.35. The molecule has 7 heteroatoms. The number of hydrogen-bond donors (Lipinski definition) is 2. The van der Waals surface area contributed by atoms with Gasteiger partial charge in [0.1, 0.15) is 0 Å². The molecule has 0 bridgehead atoms. The molecule has 2 aliphatic rings. The zero-order valence-corrected chi connectivity index (χ0v) is 10.4. The number of nitrogens with one attached hydrogen (secondary N) is 1. The van der Waals surface area contributed by atoms with Crippen LogP contribution >= 0.6 is 0 Å². The number of piperidine rings is 1. The minimum Gasteiger partial charge on any atom is -0.492 e. The van der Waals surface area contributed by atoms with Gasteiger partial charge in [-0.25, -0.2) is 4.79 Å². The molecule has 2 saturated heterocycles. The average Bonchev–Trinajstić information content (AvgIpc) is 2.81. The van der Waals surface area contributed by atoms with Gasteiger partial charge in [-0.3, -0.25) is 19.2 Å². The lowest BCUT2D eigenvalue weighted by atomic mass is 9.99. The van der Waals surface area contributed by atoms with Crippen LogP contribution in [0.3, 0.4) is 0 Å². The van der Waals surface area contributed by atoms with Gasteiger partial charge in [0.15, 0.2) is 0 Å². The summed E-state index contributed by atoms with van der Waals surface area (Å²) in [7, 11) is 0. The molecule has 104 valence electrons. The van der Waals surface area contributed by atoms with E-state index in [4.69, 9.17) is 0 Å². The van der Waals surface area contributed by atoms with E-state index < -0.39 is 22.9 Å². The fraction of sp³-hybridized carbons (Fsp3) is 0.667. The number of aromatic hydroxyl groups is 1. The first-order chi connectivity index (χ1) is 9.09. The van der Waals surface area contributed by atoms with Crippen molar-refractivity contribution in [3.8, 4) is 5.88 Å². The van der Waals surface area contributed by atoms with E-state index >= 15 is 0 Å². The van der Waals surface area contributed by atoms with Gasteiger partial charge in [0.25, 0.3) is 5.56 Å². The second-order valence-electron chi connectivity index (χ2n) is 5.22. The number of nitrogens with zero attached hydrogens (tertiary/aromatic N) is 2. The zero-order chi connectivity index (χ0) is 13.6. The Morgan fingerprint density at radius 1 is 1.16 bits per heavy atom. The number of rotatable bonds is 1. The summed E-state index contributed by atoms with van der Waals surface area (Å²) in [5.41, 5.74) is -1.90. The standard InChI is InChI=1S/C12H16FN3O3/c13-9-10(17)14-12(19)16(11(9)18)8-4-6-15-5-2-1-3-7(8)15/h7-8,18H,1-6H2,(H,14,17,19). The van der Waals surface area contributed by atoms with Crippen LogP contribution in [0.25, 0.3) is 0 Å². The average molecular weight is 269 g/mol. The van der Waals surface area contributed by atoms with Gasteiger partial charge < -0.3 is 5.11 Å². The Bertz CT molecular complexity index is 609. The molecule has 6 nitrogen and oxygen atoms in total. The van der Waals surface area contributed by atoms with Gasteiger partial charge in [-0.2, -0.15) is 4.39 Å². The monoisotopic (exact) mass is 269 g/mol. The number of fused-ring (bicyclic) bond motifs is 1. The van der Waals surface area contributed by atoms with Crippen LogP contribution in [0.4, 0.5) is 4.39 Å². The lowest BCUT2D eigenvalue weighted by molar-refractivity contribution is 0.166. The maximum Gasteiger partial charge on any atom is 0.331 e. The molecule has 0 radical (unpaired) electrons. The second kappa shape index (κ2) is 4.48. The Balaban J connectivity index is 2.06. The Hall–Kier alpha value is -1.63. The summed E-state index contributed by atoms with van der Waals surface area (Å²) in [6, 6.07) is -0.123. The highest BCUT2D eigenvalue weighted by Crippen LogP contribution is 2.35. The van der Waals surface area contributed by atoms with Crippen molar-refractivity contribution < 1.29 is 9.50 Å². The molecule has 3 heterocycles. The number of H-pyrrole nitrogens is 1. The van der Waals surface area contributed by atoms with Gasteiger partial charge >= 0.3 is 5.69 Å². The highest BCUT2D eigenvalue weighted by molar-refractivity contribution is 5.13. The van der Waals surface area contributed by atoms with Gasteiger partial charge in [-0.15, -0.1) is 0 Å². The second-order valence-corrected chi connectivity index (χ2v) is 5.22. The number of aromatic nitrogens is 2. The van der Waals surface area contributed by atoms with Gasteiger partial charge in [0.05, 0.1) is 6.04 Å². The molecule has 0 aromatic carbocycles. The van der Waals surface area contributed by atoms with Crippen LogP contribution in [-0.2, 0) is 0 Å². The number of aromatic amines is 1. The normalized spacial score (nSPS) is 27.4. The highest BCUT2D eigenvalue weighted by atomic mass is 19.1. The third-order valence-electron chi connectivity index (χ3n) is 4.22. The van der Waals surface area contributed by atoms with Crippen molar-refractivity contribution >= 4 is 0 Å². The van der Waals surface area contributed by atoms with Gasteiger partial charge in [0, 0.05) is 12.6 Å². The Morgan fingerprint density at radius 3 is 2.74 bits per heavy atom. The Morgan fingerprint density at radius 2 is 1.95 bits per heavy atom. The predicted molar refractivity (Wildman–Crippen MR) is 65.8 cm³/mol. The SMILES string of the molecule is O=c1[nH]c(=O)n(C2CCN3CCCCC23)c(O)c1F. The third kappa shape index (κ3) is 1.88. The van der Waals surface area contributed by atoms with Gasteiger partial charge in [-0.05, 0) is 25.8 Å². The third-order valence-corrected chi connectivity index (χ3v) is 4.22. The van der Waals surface area contributed by atoms with E-state index in [9.17, 15) is 19.1 Å². The first kappa shape index (κ1) is 12.4. The number of hydrogen-bond acceptors (Lipinski definition) is 4. The van der Waals surface area contributed by atoms with E-state index in [0.29, 0.717) is 6.42 Å². The summed E-state index contributed by atoms with van der Waals surface area (Å²) >= 11 is 0. The lowest BCUT2D eigenvalue weighted by Crippen LogP contribution is -2.42. The van der Waals surface area contributed by atoms with E-state index in [-0.39, 0.29) is 12.1 Å². The molecule has 0 amide bonds. The molecule has 3 rings (SSSR count). The lowest BCUT2D eigenvalue weighted by Gasteiger charge is -2.32. The van der Waals surface area contributed by atoms with E-state index in [1.165, 1.54) is 0 Å². The minimum atomic E-state index is -1.28. The fourth-order valence-electron chi connectivity index (χ4n) is 3.35. The molecule has 0 aliphatic carbocycles.